The Morgan fingerprint density at radius 3 is 2.88 bits per heavy atom. The van der Waals surface area contributed by atoms with E-state index in [9.17, 15) is 14.4 Å². The fourth-order valence-corrected chi connectivity index (χ4v) is 1.69. The molecular formula is C10H17N3O4. The molecule has 0 aromatic heterocycles. The highest BCUT2D eigenvalue weighted by molar-refractivity contribution is 6.05. The van der Waals surface area contributed by atoms with Crippen LogP contribution in [0, 0.1) is 0 Å². The zero-order valence-corrected chi connectivity index (χ0v) is 9.77. The van der Waals surface area contributed by atoms with Gasteiger partial charge in [0.15, 0.2) is 0 Å². The standard InChI is InChI=1S/C10H17N3O4/c1-2-4-13-8(14)6-7(9(13)15)12-3-5-17-10(11)16/h7,12H,2-6H2,1H3,(H2,11,16). The van der Waals surface area contributed by atoms with Gasteiger partial charge in [-0.15, -0.1) is 0 Å². The van der Waals surface area contributed by atoms with E-state index >= 15 is 0 Å². The van der Waals surface area contributed by atoms with Crippen LogP contribution in [0.25, 0.3) is 0 Å². The number of imide groups is 1. The van der Waals surface area contributed by atoms with Crippen LogP contribution in [-0.2, 0) is 14.3 Å². The average molecular weight is 243 g/mol. The molecule has 0 bridgehead atoms. The molecule has 1 aliphatic rings. The van der Waals surface area contributed by atoms with E-state index < -0.39 is 12.1 Å². The maximum absolute atomic E-state index is 11.7. The highest BCUT2D eigenvalue weighted by Crippen LogP contribution is 2.12. The third kappa shape index (κ3) is 3.70. The normalized spacial score (nSPS) is 19.8. The van der Waals surface area contributed by atoms with E-state index in [-0.39, 0.29) is 24.8 Å². The zero-order chi connectivity index (χ0) is 12.8. The summed E-state index contributed by atoms with van der Waals surface area (Å²) in [6.45, 7) is 2.74. The molecule has 1 aliphatic heterocycles. The second kappa shape index (κ2) is 6.19. The largest absolute Gasteiger partial charge is 0.448 e. The number of nitrogens with two attached hydrogens (primary N) is 1. The van der Waals surface area contributed by atoms with Crippen molar-refractivity contribution in [1.29, 1.82) is 0 Å². The van der Waals surface area contributed by atoms with Crippen LogP contribution in [0.5, 0.6) is 0 Å². The Kier molecular flexibility index (Phi) is 4.89. The van der Waals surface area contributed by atoms with Crippen LogP contribution in [0.1, 0.15) is 19.8 Å². The number of carbonyl (C=O) groups is 3. The molecule has 3 amide bonds. The van der Waals surface area contributed by atoms with Gasteiger partial charge in [-0.3, -0.25) is 14.5 Å². The molecule has 1 rings (SSSR count). The summed E-state index contributed by atoms with van der Waals surface area (Å²) in [7, 11) is 0. The molecule has 1 unspecified atom stereocenters. The molecule has 0 aliphatic carbocycles. The minimum atomic E-state index is -0.853. The van der Waals surface area contributed by atoms with Crippen molar-refractivity contribution < 1.29 is 19.1 Å². The van der Waals surface area contributed by atoms with E-state index in [0.29, 0.717) is 13.1 Å². The lowest BCUT2D eigenvalue weighted by atomic mass is 10.2. The molecule has 1 fully saturated rings. The monoisotopic (exact) mass is 243 g/mol. The fraction of sp³-hybridized carbons (Fsp3) is 0.700. The summed E-state index contributed by atoms with van der Waals surface area (Å²) in [5.74, 6) is -0.374. The van der Waals surface area contributed by atoms with Gasteiger partial charge in [0.2, 0.25) is 11.8 Å². The SMILES string of the molecule is CCCN1C(=O)CC(NCCOC(N)=O)C1=O. The zero-order valence-electron chi connectivity index (χ0n) is 9.77. The molecule has 0 radical (unpaired) electrons. The van der Waals surface area contributed by atoms with Crippen LogP contribution in [-0.4, -0.2) is 48.5 Å². The molecule has 0 aromatic rings. The highest BCUT2D eigenvalue weighted by Gasteiger charge is 2.37. The summed E-state index contributed by atoms with van der Waals surface area (Å²) in [5, 5.41) is 2.86. The number of amides is 3. The lowest BCUT2D eigenvalue weighted by molar-refractivity contribution is -0.138. The van der Waals surface area contributed by atoms with Crippen LogP contribution < -0.4 is 11.1 Å². The summed E-state index contributed by atoms with van der Waals surface area (Å²) in [6, 6.07) is -0.509. The first kappa shape index (κ1) is 13.4. The van der Waals surface area contributed by atoms with Gasteiger partial charge >= 0.3 is 6.09 Å². The molecule has 96 valence electrons. The number of rotatable bonds is 6. The van der Waals surface area contributed by atoms with Crippen molar-refractivity contribution in [3.05, 3.63) is 0 Å². The van der Waals surface area contributed by atoms with Crippen LogP contribution in [0.3, 0.4) is 0 Å². The predicted molar refractivity (Wildman–Crippen MR) is 59.0 cm³/mol. The highest BCUT2D eigenvalue weighted by atomic mass is 16.5. The van der Waals surface area contributed by atoms with Gasteiger partial charge in [0.1, 0.15) is 6.61 Å². The van der Waals surface area contributed by atoms with Gasteiger partial charge in [-0.1, -0.05) is 6.92 Å². The molecule has 0 saturated carbocycles. The summed E-state index contributed by atoms with van der Waals surface area (Å²) in [4.78, 5) is 34.8. The van der Waals surface area contributed by atoms with Gasteiger partial charge in [-0.2, -0.15) is 0 Å². The Bertz CT molecular complexity index is 319. The number of ether oxygens (including phenoxy) is 1. The molecule has 0 spiro atoms. The van der Waals surface area contributed by atoms with Crippen LogP contribution in [0.15, 0.2) is 0 Å². The molecule has 1 saturated heterocycles. The number of carbonyl (C=O) groups excluding carboxylic acids is 3. The lowest BCUT2D eigenvalue weighted by Crippen LogP contribution is -2.40. The van der Waals surface area contributed by atoms with Crippen LogP contribution in [0.4, 0.5) is 4.79 Å². The summed E-state index contributed by atoms with van der Waals surface area (Å²) >= 11 is 0. The van der Waals surface area contributed by atoms with Gasteiger partial charge in [0.05, 0.1) is 12.5 Å². The second-order valence-electron chi connectivity index (χ2n) is 3.76. The quantitative estimate of drug-likeness (QED) is 0.470. The molecule has 7 heteroatoms. The summed E-state index contributed by atoms with van der Waals surface area (Å²) < 4.78 is 4.50. The molecule has 7 nitrogen and oxygen atoms in total. The molecule has 1 heterocycles. The number of hydrogen-bond acceptors (Lipinski definition) is 5. The smallest absolute Gasteiger partial charge is 0.404 e. The van der Waals surface area contributed by atoms with Crippen LogP contribution in [0.2, 0.25) is 0 Å². The second-order valence-corrected chi connectivity index (χ2v) is 3.76. The third-order valence-corrected chi connectivity index (χ3v) is 2.43. The Labute approximate surface area is 99.3 Å². The van der Waals surface area contributed by atoms with E-state index in [1.807, 2.05) is 6.92 Å². The Morgan fingerprint density at radius 2 is 2.29 bits per heavy atom. The van der Waals surface area contributed by atoms with Crippen molar-refractivity contribution >= 4 is 17.9 Å². The van der Waals surface area contributed by atoms with E-state index in [1.54, 1.807) is 0 Å². The van der Waals surface area contributed by atoms with Gasteiger partial charge in [0, 0.05) is 13.1 Å². The topological polar surface area (TPSA) is 102 Å². The first-order chi connectivity index (χ1) is 8.06. The Hall–Kier alpha value is -1.63. The van der Waals surface area contributed by atoms with Crippen molar-refractivity contribution in [2.75, 3.05) is 19.7 Å². The van der Waals surface area contributed by atoms with Crippen molar-refractivity contribution in [3.63, 3.8) is 0 Å². The first-order valence-corrected chi connectivity index (χ1v) is 5.56. The number of primary amides is 1. The van der Waals surface area contributed by atoms with Gasteiger partial charge in [0.25, 0.3) is 0 Å². The first-order valence-electron chi connectivity index (χ1n) is 5.56. The van der Waals surface area contributed by atoms with Crippen molar-refractivity contribution in [2.24, 2.45) is 5.73 Å². The average Bonchev–Trinajstić information content (AvgIpc) is 2.52. The Morgan fingerprint density at radius 1 is 1.59 bits per heavy atom. The maximum Gasteiger partial charge on any atom is 0.404 e. The number of likely N-dealkylation sites (tertiary alicyclic amines) is 1. The summed E-state index contributed by atoms with van der Waals surface area (Å²) in [6.07, 6.45) is 0.0536. The van der Waals surface area contributed by atoms with Crippen molar-refractivity contribution in [1.82, 2.24) is 10.2 Å². The number of nitrogens with one attached hydrogen (secondary N) is 1. The minimum absolute atomic E-state index is 0.0844. The van der Waals surface area contributed by atoms with Gasteiger partial charge in [-0.25, -0.2) is 4.79 Å². The summed E-state index contributed by atoms with van der Waals surface area (Å²) in [5.41, 5.74) is 4.78. The van der Waals surface area contributed by atoms with Crippen LogP contribution >= 0.6 is 0 Å². The van der Waals surface area contributed by atoms with E-state index in [2.05, 4.69) is 10.1 Å². The predicted octanol–water partition coefficient (Wildman–Crippen LogP) is -0.791. The number of hydrogen-bond donors (Lipinski definition) is 2. The van der Waals surface area contributed by atoms with E-state index in [1.165, 1.54) is 4.90 Å². The molecule has 17 heavy (non-hydrogen) atoms. The van der Waals surface area contributed by atoms with E-state index in [4.69, 9.17) is 5.73 Å². The van der Waals surface area contributed by atoms with Gasteiger partial charge < -0.3 is 15.8 Å². The van der Waals surface area contributed by atoms with Gasteiger partial charge in [-0.05, 0) is 6.42 Å². The molecule has 3 N–H and O–H groups in total. The fourth-order valence-electron chi connectivity index (χ4n) is 1.69. The maximum atomic E-state index is 11.7. The van der Waals surface area contributed by atoms with E-state index in [0.717, 1.165) is 6.42 Å². The molecular weight excluding hydrogens is 226 g/mol. The minimum Gasteiger partial charge on any atom is -0.448 e. The molecule has 1 atom stereocenters. The lowest BCUT2D eigenvalue weighted by Gasteiger charge is -2.14. The van der Waals surface area contributed by atoms with Crippen molar-refractivity contribution in [2.45, 2.75) is 25.8 Å². The Balaban J connectivity index is 2.33. The molecule has 0 aromatic carbocycles. The number of nitrogens with zero attached hydrogens (tertiary/aromatic N) is 1. The van der Waals surface area contributed by atoms with Crippen molar-refractivity contribution in [3.8, 4) is 0 Å². The third-order valence-electron chi connectivity index (χ3n) is 2.43.